The van der Waals surface area contributed by atoms with E-state index in [0.717, 1.165) is 26.2 Å². The number of halogens is 1. The van der Waals surface area contributed by atoms with Crippen molar-refractivity contribution in [2.45, 2.75) is 6.04 Å². The highest BCUT2D eigenvalue weighted by Crippen LogP contribution is 2.46. The van der Waals surface area contributed by atoms with Gasteiger partial charge < -0.3 is 9.47 Å². The average molecular weight is 465 g/mol. The highest BCUT2D eigenvalue weighted by Gasteiger charge is 2.34. The molecule has 1 aliphatic heterocycles. The third kappa shape index (κ3) is 4.36. The number of carbonyl (C=O) groups is 1. The van der Waals surface area contributed by atoms with Crippen molar-refractivity contribution in [2.75, 3.05) is 46.9 Å². The van der Waals surface area contributed by atoms with E-state index in [1.165, 1.54) is 22.3 Å². The molecule has 172 valence electrons. The van der Waals surface area contributed by atoms with Crippen molar-refractivity contribution in [2.24, 2.45) is 0 Å². The summed E-state index contributed by atoms with van der Waals surface area (Å²) in [5, 5.41) is 0. The SMILES string of the molecule is COc1ccc(OC)c(C(=O)CN2CCN(C3c4ccccc4-c4ccccc43)CC2)c1.Cl. The van der Waals surface area contributed by atoms with Crippen LogP contribution in [0.15, 0.2) is 66.7 Å². The number of nitrogens with zero attached hydrogens (tertiary/aromatic N) is 2. The third-order valence-electron chi connectivity index (χ3n) is 6.65. The lowest BCUT2D eigenvalue weighted by Crippen LogP contribution is -2.48. The summed E-state index contributed by atoms with van der Waals surface area (Å²) >= 11 is 0. The molecule has 33 heavy (non-hydrogen) atoms. The van der Waals surface area contributed by atoms with Crippen LogP contribution in [-0.2, 0) is 0 Å². The molecule has 1 fully saturated rings. The van der Waals surface area contributed by atoms with Crippen LogP contribution in [0.5, 0.6) is 11.5 Å². The minimum Gasteiger partial charge on any atom is -0.497 e. The zero-order valence-corrected chi connectivity index (χ0v) is 19.8. The standard InChI is InChI=1S/C27H28N2O3.ClH/c1-31-19-11-12-26(32-2)24(17-19)25(30)18-28-13-15-29(16-14-28)27-22-9-5-3-7-20(22)21-8-4-6-10-23(21)27;/h3-12,17,27H,13-16,18H2,1-2H3;1H. The van der Waals surface area contributed by atoms with Crippen LogP contribution in [0.25, 0.3) is 11.1 Å². The summed E-state index contributed by atoms with van der Waals surface area (Å²) in [6.45, 7) is 3.96. The number of ketones is 1. The number of ether oxygens (including phenoxy) is 2. The summed E-state index contributed by atoms with van der Waals surface area (Å²) in [7, 11) is 3.20. The normalized spacial score (nSPS) is 15.9. The number of hydrogen-bond donors (Lipinski definition) is 0. The third-order valence-corrected chi connectivity index (χ3v) is 6.65. The van der Waals surface area contributed by atoms with Gasteiger partial charge >= 0.3 is 0 Å². The zero-order valence-electron chi connectivity index (χ0n) is 19.0. The maximum atomic E-state index is 13.0. The van der Waals surface area contributed by atoms with Gasteiger partial charge in [0.1, 0.15) is 11.5 Å². The van der Waals surface area contributed by atoms with Crippen LogP contribution in [0.2, 0.25) is 0 Å². The first kappa shape index (κ1) is 23.3. The highest BCUT2D eigenvalue weighted by molar-refractivity contribution is 6.00. The first-order valence-electron chi connectivity index (χ1n) is 11.1. The van der Waals surface area contributed by atoms with Crippen molar-refractivity contribution in [1.82, 2.24) is 9.80 Å². The van der Waals surface area contributed by atoms with E-state index in [1.807, 2.05) is 6.07 Å². The van der Waals surface area contributed by atoms with Crippen molar-refractivity contribution >= 4 is 18.2 Å². The van der Waals surface area contributed by atoms with Gasteiger partial charge in [0.15, 0.2) is 5.78 Å². The molecule has 6 heteroatoms. The number of fused-ring (bicyclic) bond motifs is 3. The lowest BCUT2D eigenvalue weighted by Gasteiger charge is -2.38. The summed E-state index contributed by atoms with van der Waals surface area (Å²) < 4.78 is 10.7. The van der Waals surface area contributed by atoms with E-state index in [9.17, 15) is 4.79 Å². The van der Waals surface area contributed by atoms with Crippen LogP contribution in [0, 0.1) is 0 Å². The average Bonchev–Trinajstić information content (AvgIpc) is 3.18. The van der Waals surface area contributed by atoms with Gasteiger partial charge in [0.25, 0.3) is 0 Å². The molecule has 5 nitrogen and oxygen atoms in total. The Kier molecular flexibility index (Phi) is 7.03. The van der Waals surface area contributed by atoms with Crippen molar-refractivity contribution < 1.29 is 14.3 Å². The Morgan fingerprint density at radius 3 is 2.03 bits per heavy atom. The minimum atomic E-state index is 0. The lowest BCUT2D eigenvalue weighted by atomic mass is 10.0. The van der Waals surface area contributed by atoms with Crippen LogP contribution >= 0.6 is 12.4 Å². The molecule has 1 saturated heterocycles. The van der Waals surface area contributed by atoms with Gasteiger partial charge in [-0.15, -0.1) is 12.4 Å². The van der Waals surface area contributed by atoms with Crippen LogP contribution < -0.4 is 9.47 Å². The number of hydrogen-bond acceptors (Lipinski definition) is 5. The van der Waals surface area contributed by atoms with E-state index in [1.54, 1.807) is 26.4 Å². The Morgan fingerprint density at radius 1 is 0.848 bits per heavy atom. The fraction of sp³-hybridized carbons (Fsp3) is 0.296. The number of methoxy groups -OCH3 is 2. The van der Waals surface area contributed by atoms with E-state index in [2.05, 4.69) is 58.3 Å². The first-order chi connectivity index (χ1) is 15.7. The number of piperazine rings is 1. The monoisotopic (exact) mass is 464 g/mol. The fourth-order valence-electron chi connectivity index (χ4n) is 5.02. The largest absolute Gasteiger partial charge is 0.497 e. The molecule has 1 heterocycles. The summed E-state index contributed by atoms with van der Waals surface area (Å²) in [4.78, 5) is 17.8. The van der Waals surface area contributed by atoms with E-state index in [-0.39, 0.29) is 18.2 Å². The first-order valence-corrected chi connectivity index (χ1v) is 11.1. The van der Waals surface area contributed by atoms with Crippen molar-refractivity contribution in [3.8, 4) is 22.6 Å². The molecule has 0 N–H and O–H groups in total. The van der Waals surface area contributed by atoms with E-state index in [0.29, 0.717) is 29.6 Å². The van der Waals surface area contributed by atoms with E-state index < -0.39 is 0 Å². The van der Waals surface area contributed by atoms with Crippen LogP contribution in [0.4, 0.5) is 0 Å². The second-order valence-corrected chi connectivity index (χ2v) is 8.38. The quantitative estimate of drug-likeness (QED) is 0.495. The molecule has 2 aliphatic rings. The summed E-state index contributed by atoms with van der Waals surface area (Å²) in [6.07, 6.45) is 0. The van der Waals surface area contributed by atoms with E-state index in [4.69, 9.17) is 9.47 Å². The lowest BCUT2D eigenvalue weighted by molar-refractivity contribution is 0.0808. The number of Topliss-reactive ketones (excluding diaryl/α,β-unsaturated/α-hetero) is 1. The predicted molar refractivity (Wildman–Crippen MR) is 133 cm³/mol. The molecular weight excluding hydrogens is 436 g/mol. The number of carbonyl (C=O) groups excluding carboxylic acids is 1. The second kappa shape index (κ2) is 9.96. The van der Waals surface area contributed by atoms with Crippen LogP contribution in [0.1, 0.15) is 27.5 Å². The smallest absolute Gasteiger partial charge is 0.180 e. The second-order valence-electron chi connectivity index (χ2n) is 8.38. The molecular formula is C27H29ClN2O3. The number of benzene rings is 3. The van der Waals surface area contributed by atoms with Gasteiger partial charge in [-0.1, -0.05) is 48.5 Å². The Hall–Kier alpha value is -2.86. The van der Waals surface area contributed by atoms with Crippen molar-refractivity contribution in [3.05, 3.63) is 83.4 Å². The van der Waals surface area contributed by atoms with Crippen LogP contribution in [-0.4, -0.2) is 62.5 Å². The van der Waals surface area contributed by atoms with Crippen molar-refractivity contribution in [3.63, 3.8) is 0 Å². The molecule has 1 aliphatic carbocycles. The minimum absolute atomic E-state index is 0. The topological polar surface area (TPSA) is 42.0 Å². The summed E-state index contributed by atoms with van der Waals surface area (Å²) in [5.74, 6) is 1.32. The highest BCUT2D eigenvalue weighted by atomic mass is 35.5. The molecule has 0 radical (unpaired) electrons. The van der Waals surface area contributed by atoms with Gasteiger partial charge in [0, 0.05) is 26.2 Å². The Bertz CT molecular complexity index is 1100. The van der Waals surface area contributed by atoms with Gasteiger partial charge in [0.2, 0.25) is 0 Å². The molecule has 3 aromatic rings. The molecule has 3 aromatic carbocycles. The molecule has 0 bridgehead atoms. The molecule has 0 saturated carbocycles. The maximum Gasteiger partial charge on any atom is 0.180 e. The molecule has 0 amide bonds. The van der Waals surface area contributed by atoms with Gasteiger partial charge in [-0.2, -0.15) is 0 Å². The van der Waals surface area contributed by atoms with Crippen molar-refractivity contribution in [1.29, 1.82) is 0 Å². The zero-order chi connectivity index (χ0) is 22.1. The molecule has 5 rings (SSSR count). The molecule has 0 aromatic heterocycles. The van der Waals surface area contributed by atoms with Gasteiger partial charge in [0.05, 0.1) is 32.4 Å². The van der Waals surface area contributed by atoms with Crippen LogP contribution in [0.3, 0.4) is 0 Å². The van der Waals surface area contributed by atoms with Gasteiger partial charge in [-0.05, 0) is 40.5 Å². The molecule has 0 atom stereocenters. The van der Waals surface area contributed by atoms with E-state index >= 15 is 0 Å². The Labute approximate surface area is 201 Å². The summed E-state index contributed by atoms with van der Waals surface area (Å²) in [5.41, 5.74) is 6.04. The summed E-state index contributed by atoms with van der Waals surface area (Å²) in [6, 6.07) is 23.1. The Morgan fingerprint density at radius 2 is 1.45 bits per heavy atom. The number of rotatable bonds is 6. The molecule has 0 unspecified atom stereocenters. The van der Waals surface area contributed by atoms with Gasteiger partial charge in [-0.25, -0.2) is 0 Å². The van der Waals surface area contributed by atoms with Gasteiger partial charge in [-0.3, -0.25) is 14.6 Å². The fourth-order valence-corrected chi connectivity index (χ4v) is 5.02. The molecule has 0 spiro atoms. The predicted octanol–water partition coefficient (Wildman–Crippen LogP) is 4.70. The Balaban J connectivity index is 0.00000259. The maximum absolute atomic E-state index is 13.0.